The molecule has 0 aromatic heterocycles. The minimum Gasteiger partial charge on any atom is -0.480 e. The maximum Gasteiger partial charge on any atom is 0.339 e. The summed E-state index contributed by atoms with van der Waals surface area (Å²) in [5, 5.41) is 10.1. The van der Waals surface area contributed by atoms with Crippen LogP contribution in [0, 0.1) is 0 Å². The molecule has 0 aromatic rings. The van der Waals surface area contributed by atoms with Gasteiger partial charge < -0.3 is 24.7 Å². The van der Waals surface area contributed by atoms with E-state index in [0.717, 1.165) is 0 Å². The van der Waals surface area contributed by atoms with Crippen molar-refractivity contribution in [2.24, 2.45) is 0 Å². The van der Waals surface area contributed by atoms with E-state index in [1.165, 1.54) is 0 Å². The van der Waals surface area contributed by atoms with Gasteiger partial charge in [0.25, 0.3) is 0 Å². The van der Waals surface area contributed by atoms with Crippen LogP contribution in [0.4, 0.5) is 0 Å². The minimum atomic E-state index is -4.10. The van der Waals surface area contributed by atoms with Gasteiger partial charge in [-0.25, -0.2) is 0 Å². The van der Waals surface area contributed by atoms with Gasteiger partial charge in [0.15, 0.2) is 0 Å². The molecule has 0 unspecified atom stereocenters. The normalized spacial score (nSPS) is 10.6. The monoisotopic (exact) mass is 251 g/mol. The van der Waals surface area contributed by atoms with Gasteiger partial charge in [0.05, 0.1) is 12.8 Å². The second kappa shape index (κ2) is 8.07. The van der Waals surface area contributed by atoms with Crippen molar-refractivity contribution in [2.45, 2.75) is 0 Å². The van der Waals surface area contributed by atoms with Crippen molar-refractivity contribution in [1.82, 2.24) is 5.32 Å². The summed E-state index contributed by atoms with van der Waals surface area (Å²) in [5.41, 5.74) is 0. The van der Waals surface area contributed by atoms with Crippen molar-refractivity contribution in [3.05, 3.63) is 0 Å². The van der Waals surface area contributed by atoms with Crippen LogP contribution in [0.5, 0.6) is 0 Å². The molecule has 0 heterocycles. The van der Waals surface area contributed by atoms with Crippen LogP contribution in [0.3, 0.4) is 0 Å². The molecule has 14 heavy (non-hydrogen) atoms. The third kappa shape index (κ3) is 29.8. The van der Waals surface area contributed by atoms with Crippen LogP contribution >= 0.6 is 15.9 Å². The fourth-order valence-corrected chi connectivity index (χ4v) is 0.712. The lowest BCUT2D eigenvalue weighted by Crippen LogP contribution is -2.23. The van der Waals surface area contributed by atoms with Gasteiger partial charge in [-0.3, -0.25) is 19.2 Å². The molecule has 0 amide bonds. The van der Waals surface area contributed by atoms with E-state index in [2.05, 4.69) is 5.32 Å². The average molecular weight is 251 g/mol. The second-order valence-corrected chi connectivity index (χ2v) is 4.14. The van der Waals surface area contributed by atoms with Gasteiger partial charge in [-0.15, -0.1) is 0 Å². The quantitative estimate of drug-likeness (QED) is 0.315. The van der Waals surface area contributed by atoms with Crippen molar-refractivity contribution in [1.29, 1.82) is 0 Å². The highest BCUT2D eigenvalue weighted by atomic mass is 31.2. The van der Waals surface area contributed by atoms with Crippen molar-refractivity contribution >= 4 is 21.8 Å². The molecule has 0 bridgehead atoms. The standard InChI is InChI=1S/C3H8NO5P.H3O3P/c5-3(6)1-4-2-10(7,8)9;1-4(2)3/h4H,1-2H2,(H,5,6)(H2,7,8,9);4H,(H2,1,2,3). The first-order valence-corrected chi connectivity index (χ1v) is 6.14. The third-order valence-corrected chi connectivity index (χ3v) is 1.23. The summed E-state index contributed by atoms with van der Waals surface area (Å²) in [6.07, 6.45) is -0.598. The molecule has 0 saturated carbocycles. The van der Waals surface area contributed by atoms with Gasteiger partial charge in [-0.2, -0.15) is 0 Å². The van der Waals surface area contributed by atoms with Gasteiger partial charge >= 0.3 is 21.8 Å². The summed E-state index contributed by atoms with van der Waals surface area (Å²) < 4.78 is 18.8. The van der Waals surface area contributed by atoms with Crippen LogP contribution in [0.1, 0.15) is 0 Å². The van der Waals surface area contributed by atoms with Crippen molar-refractivity contribution < 1.29 is 38.6 Å². The highest BCUT2D eigenvalue weighted by molar-refractivity contribution is 7.51. The maximum absolute atomic E-state index is 10.1. The van der Waals surface area contributed by atoms with E-state index in [-0.39, 0.29) is 0 Å². The smallest absolute Gasteiger partial charge is 0.339 e. The highest BCUT2D eigenvalue weighted by Gasteiger charge is 2.11. The summed E-state index contributed by atoms with van der Waals surface area (Å²) in [5.74, 6) is -1.14. The van der Waals surface area contributed by atoms with Crippen LogP contribution in [-0.2, 0) is 13.9 Å². The van der Waals surface area contributed by atoms with E-state index < -0.39 is 34.7 Å². The molecular formula is C3H11NO8P2. The van der Waals surface area contributed by atoms with Crippen LogP contribution in [0.25, 0.3) is 0 Å². The predicted octanol–water partition coefficient (Wildman–Crippen LogP) is -1.84. The SMILES string of the molecule is O=C(O)CNCP(=O)(O)O.O=[PH](O)O. The topological polar surface area (TPSA) is 164 Å². The van der Waals surface area contributed by atoms with Crippen LogP contribution < -0.4 is 5.32 Å². The summed E-state index contributed by atoms with van der Waals surface area (Å²) >= 11 is 0. The molecule has 0 spiro atoms. The number of hydrogen-bond acceptors (Lipinski definition) is 4. The van der Waals surface area contributed by atoms with Gasteiger partial charge in [0, 0.05) is 0 Å². The Balaban J connectivity index is 0. The van der Waals surface area contributed by atoms with E-state index in [4.69, 9.17) is 29.2 Å². The summed E-state index contributed by atoms with van der Waals surface area (Å²) in [7, 11) is -7.23. The molecule has 0 saturated heterocycles. The molecule has 0 aliphatic heterocycles. The van der Waals surface area contributed by atoms with Gasteiger partial charge in [-0.05, 0) is 0 Å². The lowest BCUT2D eigenvalue weighted by Gasteiger charge is -2.02. The number of carboxylic acids is 1. The fourth-order valence-electron chi connectivity index (χ4n) is 0.308. The minimum absolute atomic E-state index is 0.439. The van der Waals surface area contributed by atoms with E-state index in [1.54, 1.807) is 0 Å². The van der Waals surface area contributed by atoms with Crippen molar-refractivity contribution in [3.63, 3.8) is 0 Å². The molecule has 0 fully saturated rings. The lowest BCUT2D eigenvalue weighted by atomic mass is 10.7. The molecule has 0 atom stereocenters. The highest BCUT2D eigenvalue weighted by Crippen LogP contribution is 2.31. The Labute approximate surface area is 79.5 Å². The fraction of sp³-hybridized carbons (Fsp3) is 0.667. The zero-order chi connectivity index (χ0) is 11.8. The number of hydrogen-bond donors (Lipinski definition) is 6. The Kier molecular flexibility index (Phi) is 9.32. The molecule has 0 radical (unpaired) electrons. The largest absolute Gasteiger partial charge is 0.480 e. The molecule has 0 aliphatic carbocycles. The number of aliphatic carboxylic acids is 1. The van der Waals surface area contributed by atoms with Crippen LogP contribution in [0.15, 0.2) is 0 Å². The molecular weight excluding hydrogens is 240 g/mol. The molecule has 0 aromatic carbocycles. The van der Waals surface area contributed by atoms with E-state index in [1.807, 2.05) is 0 Å². The Bertz CT molecular complexity index is 231. The third-order valence-electron chi connectivity index (χ3n) is 0.594. The number of nitrogens with one attached hydrogen (secondary N) is 1. The zero-order valence-corrected chi connectivity index (χ0v) is 8.72. The van der Waals surface area contributed by atoms with E-state index in [9.17, 15) is 9.36 Å². The first-order valence-electron chi connectivity index (χ1n) is 3.04. The Morgan fingerprint density at radius 2 is 1.71 bits per heavy atom. The van der Waals surface area contributed by atoms with Crippen molar-refractivity contribution in [2.75, 3.05) is 12.8 Å². The summed E-state index contributed by atoms with van der Waals surface area (Å²) in [4.78, 5) is 40.5. The zero-order valence-electron chi connectivity index (χ0n) is 6.82. The predicted molar refractivity (Wildman–Crippen MR) is 46.0 cm³/mol. The van der Waals surface area contributed by atoms with Gasteiger partial charge in [0.1, 0.15) is 0 Å². The Morgan fingerprint density at radius 1 is 1.36 bits per heavy atom. The lowest BCUT2D eigenvalue weighted by molar-refractivity contribution is -0.135. The van der Waals surface area contributed by atoms with E-state index >= 15 is 0 Å². The molecule has 0 rings (SSSR count). The van der Waals surface area contributed by atoms with Crippen molar-refractivity contribution in [3.8, 4) is 0 Å². The average Bonchev–Trinajstić information content (AvgIpc) is 1.80. The van der Waals surface area contributed by atoms with E-state index in [0.29, 0.717) is 0 Å². The first-order chi connectivity index (χ1) is 6.15. The molecule has 86 valence electrons. The Hall–Kier alpha value is -0.270. The number of rotatable bonds is 4. The van der Waals surface area contributed by atoms with Crippen LogP contribution in [-0.4, -0.2) is 43.5 Å². The first kappa shape index (κ1) is 16.2. The maximum atomic E-state index is 10.1. The van der Waals surface area contributed by atoms with Gasteiger partial charge in [-0.1, -0.05) is 0 Å². The number of carboxylic acid groups (broad SMARTS) is 1. The molecule has 11 heteroatoms. The second-order valence-electron chi connectivity index (χ2n) is 1.93. The summed E-state index contributed by atoms with van der Waals surface area (Å²) in [6, 6.07) is 0. The summed E-state index contributed by atoms with van der Waals surface area (Å²) in [6.45, 7) is -0.439. The Morgan fingerprint density at radius 3 is 1.93 bits per heavy atom. The molecule has 0 aliphatic rings. The number of carbonyl (C=O) groups is 1. The molecule has 9 nitrogen and oxygen atoms in total. The molecule has 6 N–H and O–H groups in total. The van der Waals surface area contributed by atoms with Gasteiger partial charge in [0.2, 0.25) is 0 Å². The van der Waals surface area contributed by atoms with Crippen LogP contribution in [0.2, 0.25) is 0 Å².